The van der Waals surface area contributed by atoms with Crippen LogP contribution in [0.3, 0.4) is 0 Å². The van der Waals surface area contributed by atoms with Crippen LogP contribution in [-0.4, -0.2) is 70.6 Å². The van der Waals surface area contributed by atoms with Crippen LogP contribution in [0.1, 0.15) is 32.6 Å². The van der Waals surface area contributed by atoms with Crippen molar-refractivity contribution in [2.24, 2.45) is 0 Å². The number of likely N-dealkylation sites (N-methyl/N-ethyl adjacent to an activating group) is 1. The maximum Gasteiger partial charge on any atom is 0.239 e. The predicted molar refractivity (Wildman–Crippen MR) is 71.6 cm³/mol. The Hall–Kier alpha value is -0.690. The van der Waals surface area contributed by atoms with Gasteiger partial charge in [0.1, 0.15) is 12.1 Å². The van der Waals surface area contributed by atoms with Gasteiger partial charge in [-0.2, -0.15) is 0 Å². The number of likely N-dealkylation sites (tertiary alicyclic amines) is 1. The van der Waals surface area contributed by atoms with Crippen LogP contribution in [0.5, 0.6) is 0 Å². The molecule has 1 heterocycles. The van der Waals surface area contributed by atoms with Gasteiger partial charge in [0.15, 0.2) is 0 Å². The minimum Gasteiger partial charge on any atom is -0.395 e. The van der Waals surface area contributed by atoms with Crippen molar-refractivity contribution in [3.63, 3.8) is 0 Å². The first-order valence-corrected chi connectivity index (χ1v) is 7.02. The summed E-state index contributed by atoms with van der Waals surface area (Å²) < 4.78 is 0. The average molecular weight is 274 g/mol. The number of nitrogens with zero attached hydrogens (tertiary/aromatic N) is 1. The molecule has 0 aliphatic carbocycles. The monoisotopic (exact) mass is 274 g/mol. The van der Waals surface area contributed by atoms with E-state index < -0.39 is 24.3 Å². The van der Waals surface area contributed by atoms with Crippen LogP contribution in [-0.2, 0) is 4.79 Å². The van der Waals surface area contributed by atoms with Gasteiger partial charge in [-0.3, -0.25) is 9.69 Å². The molecule has 4 atom stereocenters. The number of aliphatic hydroxyl groups excluding tert-OH is 3. The van der Waals surface area contributed by atoms with E-state index in [1.165, 1.54) is 7.05 Å². The Labute approximate surface area is 114 Å². The van der Waals surface area contributed by atoms with Gasteiger partial charge in [-0.15, -0.1) is 0 Å². The molecule has 0 aromatic carbocycles. The smallest absolute Gasteiger partial charge is 0.239 e. The van der Waals surface area contributed by atoms with E-state index >= 15 is 0 Å². The summed E-state index contributed by atoms with van der Waals surface area (Å²) >= 11 is 0. The van der Waals surface area contributed by atoms with Crippen molar-refractivity contribution in [3.8, 4) is 0 Å². The number of rotatable bonds is 7. The van der Waals surface area contributed by atoms with Gasteiger partial charge in [0.25, 0.3) is 0 Å². The Bertz CT molecular complexity index is 288. The van der Waals surface area contributed by atoms with Crippen molar-refractivity contribution in [2.75, 3.05) is 20.2 Å². The van der Waals surface area contributed by atoms with Gasteiger partial charge in [0.05, 0.1) is 18.8 Å². The molecule has 1 amide bonds. The fourth-order valence-electron chi connectivity index (χ4n) is 2.71. The zero-order valence-electron chi connectivity index (χ0n) is 11.7. The third-order valence-electron chi connectivity index (χ3n) is 3.82. The molecule has 6 heteroatoms. The molecule has 1 aliphatic heterocycles. The van der Waals surface area contributed by atoms with Crippen LogP contribution in [0.4, 0.5) is 0 Å². The summed E-state index contributed by atoms with van der Waals surface area (Å²) in [6, 6.07) is -1.35. The third kappa shape index (κ3) is 3.66. The zero-order chi connectivity index (χ0) is 14.4. The second-order valence-corrected chi connectivity index (χ2v) is 5.09. The lowest BCUT2D eigenvalue weighted by atomic mass is 10.1. The van der Waals surface area contributed by atoms with E-state index in [1.807, 2.05) is 0 Å². The van der Waals surface area contributed by atoms with E-state index in [2.05, 4.69) is 12.2 Å². The molecule has 0 unspecified atom stereocenters. The second-order valence-electron chi connectivity index (χ2n) is 5.09. The molecule has 1 aliphatic rings. The van der Waals surface area contributed by atoms with Gasteiger partial charge in [-0.25, -0.2) is 0 Å². The molecule has 0 spiro atoms. The van der Waals surface area contributed by atoms with E-state index in [1.54, 1.807) is 4.90 Å². The molecule has 112 valence electrons. The SMILES string of the molecule is CCCCCCN1[C@H](CO)[C@@H](O)[C@H](O)[C@H]1C(=O)NC. The summed E-state index contributed by atoms with van der Waals surface area (Å²) in [5, 5.41) is 31.7. The molecule has 4 N–H and O–H groups in total. The Kier molecular flexibility index (Phi) is 6.71. The highest BCUT2D eigenvalue weighted by Crippen LogP contribution is 2.26. The number of carbonyl (C=O) groups is 1. The molecular formula is C13H26N2O4. The number of hydrogen-bond donors (Lipinski definition) is 4. The molecule has 0 radical (unpaired) electrons. The molecule has 0 saturated carbocycles. The lowest BCUT2D eigenvalue weighted by molar-refractivity contribution is -0.128. The molecule has 0 bridgehead atoms. The summed E-state index contributed by atoms with van der Waals surface area (Å²) in [5.74, 6) is -0.321. The van der Waals surface area contributed by atoms with Crippen LogP contribution in [0.25, 0.3) is 0 Å². The maximum atomic E-state index is 11.8. The van der Waals surface area contributed by atoms with Crippen LogP contribution >= 0.6 is 0 Å². The Balaban J connectivity index is 2.71. The van der Waals surface area contributed by atoms with Crippen molar-refractivity contribution in [1.82, 2.24) is 10.2 Å². The van der Waals surface area contributed by atoms with E-state index in [9.17, 15) is 20.1 Å². The van der Waals surface area contributed by atoms with E-state index in [0.29, 0.717) is 6.54 Å². The summed E-state index contributed by atoms with van der Waals surface area (Å²) in [6.45, 7) is 2.45. The van der Waals surface area contributed by atoms with E-state index in [0.717, 1.165) is 25.7 Å². The fraction of sp³-hybridized carbons (Fsp3) is 0.923. The van der Waals surface area contributed by atoms with E-state index in [-0.39, 0.29) is 12.5 Å². The van der Waals surface area contributed by atoms with Crippen LogP contribution < -0.4 is 5.32 Å². The summed E-state index contributed by atoms with van der Waals surface area (Å²) in [7, 11) is 1.50. The normalized spacial score (nSPS) is 31.6. The van der Waals surface area contributed by atoms with Crippen molar-refractivity contribution < 1.29 is 20.1 Å². The summed E-state index contributed by atoms with van der Waals surface area (Å²) in [5.41, 5.74) is 0. The first kappa shape index (κ1) is 16.4. The van der Waals surface area contributed by atoms with Crippen LogP contribution in [0, 0.1) is 0 Å². The minimum absolute atomic E-state index is 0.264. The van der Waals surface area contributed by atoms with Crippen molar-refractivity contribution in [2.45, 2.75) is 56.9 Å². The number of nitrogens with one attached hydrogen (secondary N) is 1. The second kappa shape index (κ2) is 7.79. The number of amides is 1. The molecule has 0 aromatic heterocycles. The van der Waals surface area contributed by atoms with Crippen molar-refractivity contribution in [3.05, 3.63) is 0 Å². The molecule has 1 fully saturated rings. The number of hydrogen-bond acceptors (Lipinski definition) is 5. The minimum atomic E-state index is -1.15. The van der Waals surface area contributed by atoms with Crippen LogP contribution in [0.2, 0.25) is 0 Å². The van der Waals surface area contributed by atoms with Gasteiger partial charge in [0.2, 0.25) is 5.91 Å². The van der Waals surface area contributed by atoms with E-state index in [4.69, 9.17) is 0 Å². The molecule has 6 nitrogen and oxygen atoms in total. The quantitative estimate of drug-likeness (QED) is 0.451. The summed E-state index contributed by atoms with van der Waals surface area (Å²) in [6.07, 6.45) is 1.93. The highest BCUT2D eigenvalue weighted by atomic mass is 16.3. The molecule has 1 rings (SSSR count). The highest BCUT2D eigenvalue weighted by molar-refractivity contribution is 5.82. The first-order valence-electron chi connectivity index (χ1n) is 7.02. The topological polar surface area (TPSA) is 93.0 Å². The lowest BCUT2D eigenvalue weighted by Gasteiger charge is -2.28. The third-order valence-corrected chi connectivity index (χ3v) is 3.82. The standard InChI is InChI=1S/C13H26N2O4/c1-3-4-5-6-7-15-9(8-16)11(17)12(18)10(15)13(19)14-2/h9-12,16-18H,3-8H2,1-2H3,(H,14,19)/t9-,10+,11-,12-/m1/s1. The molecule has 19 heavy (non-hydrogen) atoms. The van der Waals surface area contributed by atoms with Gasteiger partial charge < -0.3 is 20.6 Å². The first-order chi connectivity index (χ1) is 9.08. The van der Waals surface area contributed by atoms with Gasteiger partial charge in [0, 0.05) is 7.05 Å². The molecule has 0 aromatic rings. The van der Waals surface area contributed by atoms with Crippen molar-refractivity contribution in [1.29, 1.82) is 0 Å². The summed E-state index contributed by atoms with van der Waals surface area (Å²) in [4.78, 5) is 13.6. The van der Waals surface area contributed by atoms with Gasteiger partial charge in [-0.1, -0.05) is 26.2 Å². The zero-order valence-corrected chi connectivity index (χ0v) is 11.7. The number of aliphatic hydroxyl groups is 3. The van der Waals surface area contributed by atoms with Crippen molar-refractivity contribution >= 4 is 5.91 Å². The Morgan fingerprint density at radius 2 is 1.89 bits per heavy atom. The molecular weight excluding hydrogens is 248 g/mol. The van der Waals surface area contributed by atoms with Gasteiger partial charge >= 0.3 is 0 Å². The average Bonchev–Trinajstić information content (AvgIpc) is 2.66. The number of carbonyl (C=O) groups excluding carboxylic acids is 1. The molecule has 1 saturated heterocycles. The van der Waals surface area contributed by atoms with Crippen LogP contribution in [0.15, 0.2) is 0 Å². The van der Waals surface area contributed by atoms with Gasteiger partial charge in [-0.05, 0) is 13.0 Å². The lowest BCUT2D eigenvalue weighted by Crippen LogP contribution is -2.49. The maximum absolute atomic E-state index is 11.8. The predicted octanol–water partition coefficient (Wildman–Crippen LogP) is -0.920. The Morgan fingerprint density at radius 3 is 2.42 bits per heavy atom. The largest absolute Gasteiger partial charge is 0.395 e. The fourth-order valence-corrected chi connectivity index (χ4v) is 2.71. The Morgan fingerprint density at radius 1 is 1.21 bits per heavy atom. The number of unbranched alkanes of at least 4 members (excludes halogenated alkanes) is 3. The highest BCUT2D eigenvalue weighted by Gasteiger charge is 2.49.